The number of anilines is 2. The van der Waals surface area contributed by atoms with E-state index in [1.54, 1.807) is 0 Å². The molecule has 0 aliphatic rings. The maximum atomic E-state index is 12.7. The smallest absolute Gasteiger partial charge is 0.416 e. The summed E-state index contributed by atoms with van der Waals surface area (Å²) in [5, 5.41) is 14.0. The third kappa shape index (κ3) is 4.92. The number of thiazole rings is 1. The van der Waals surface area contributed by atoms with Gasteiger partial charge in [-0.3, -0.25) is 10.1 Å². The molecule has 0 aliphatic heterocycles. The number of hydrogen-bond acceptors (Lipinski definition) is 6. The van der Waals surface area contributed by atoms with Crippen LogP contribution >= 0.6 is 11.3 Å². The number of methoxy groups -OCH3 is 1. The van der Waals surface area contributed by atoms with Crippen molar-refractivity contribution in [2.75, 3.05) is 24.4 Å². The Morgan fingerprint density at radius 2 is 2.08 bits per heavy atom. The Balaban J connectivity index is 2.04. The highest BCUT2D eigenvalue weighted by molar-refractivity contribution is 7.16. The van der Waals surface area contributed by atoms with E-state index < -0.39 is 36.3 Å². The number of nitrogens with zero attached hydrogens (tertiary/aromatic N) is 1. The quantitative estimate of drug-likeness (QED) is 0.683. The lowest BCUT2D eigenvalue weighted by molar-refractivity contribution is -0.143. The molecular formula is C15H14F3N3O4S. The first-order valence-electron chi connectivity index (χ1n) is 7.14. The Morgan fingerprint density at radius 1 is 1.35 bits per heavy atom. The van der Waals surface area contributed by atoms with Gasteiger partial charge in [-0.05, 0) is 18.2 Å². The van der Waals surface area contributed by atoms with E-state index in [1.165, 1.54) is 25.4 Å². The molecule has 1 unspecified atom stereocenters. The van der Waals surface area contributed by atoms with Gasteiger partial charge in [0.25, 0.3) is 0 Å². The summed E-state index contributed by atoms with van der Waals surface area (Å²) in [6.45, 7) is -0.495. The zero-order valence-electron chi connectivity index (χ0n) is 13.3. The van der Waals surface area contributed by atoms with Crippen molar-refractivity contribution in [2.24, 2.45) is 0 Å². The fraction of sp³-hybridized carbons (Fsp3) is 0.267. The van der Waals surface area contributed by atoms with Gasteiger partial charge in [-0.15, -0.1) is 11.3 Å². The molecule has 0 radical (unpaired) electrons. The van der Waals surface area contributed by atoms with E-state index in [-0.39, 0.29) is 10.8 Å². The molecule has 0 saturated carbocycles. The van der Waals surface area contributed by atoms with Crippen molar-refractivity contribution in [1.29, 1.82) is 0 Å². The highest BCUT2D eigenvalue weighted by Gasteiger charge is 2.30. The van der Waals surface area contributed by atoms with Gasteiger partial charge in [-0.25, -0.2) is 9.78 Å². The fourth-order valence-electron chi connectivity index (χ4n) is 1.96. The van der Waals surface area contributed by atoms with Crippen molar-refractivity contribution in [2.45, 2.75) is 12.1 Å². The Labute approximate surface area is 149 Å². The van der Waals surface area contributed by atoms with E-state index in [9.17, 15) is 27.9 Å². The summed E-state index contributed by atoms with van der Waals surface area (Å²) < 4.78 is 42.5. The minimum atomic E-state index is -4.52. The number of carbonyl (C=O) groups excluding carboxylic acids is 2. The number of alkyl halides is 3. The third-order valence-electron chi connectivity index (χ3n) is 3.20. The van der Waals surface area contributed by atoms with Crippen molar-refractivity contribution in [3.8, 4) is 0 Å². The molecule has 0 spiro atoms. The molecule has 1 aromatic heterocycles. The number of ether oxygens (including phenoxy) is 1. The number of aliphatic hydroxyl groups excluding tert-OH is 1. The minimum absolute atomic E-state index is 0.0445. The number of esters is 1. The average Bonchev–Trinajstić information content (AvgIpc) is 3.02. The van der Waals surface area contributed by atoms with Crippen LogP contribution in [-0.2, 0) is 15.7 Å². The van der Waals surface area contributed by atoms with Gasteiger partial charge in [0.15, 0.2) is 5.13 Å². The lowest BCUT2D eigenvalue weighted by atomic mass is 10.1. The van der Waals surface area contributed by atoms with Crippen LogP contribution in [-0.4, -0.2) is 35.8 Å². The van der Waals surface area contributed by atoms with E-state index in [4.69, 9.17) is 0 Å². The zero-order valence-corrected chi connectivity index (χ0v) is 14.1. The van der Waals surface area contributed by atoms with Crippen molar-refractivity contribution < 1.29 is 32.6 Å². The summed E-state index contributed by atoms with van der Waals surface area (Å²) >= 11 is 0.932. The van der Waals surface area contributed by atoms with Gasteiger partial charge in [0.2, 0.25) is 0 Å². The Bertz CT molecular complexity index is 794. The van der Waals surface area contributed by atoms with Gasteiger partial charge in [-0.2, -0.15) is 13.2 Å². The van der Waals surface area contributed by atoms with Gasteiger partial charge in [-0.1, -0.05) is 6.07 Å². The maximum absolute atomic E-state index is 12.7. The number of carbonyl (C=O) groups is 2. The van der Waals surface area contributed by atoms with Crippen LogP contribution in [0.3, 0.4) is 0 Å². The predicted octanol–water partition coefficient (Wildman–Crippen LogP) is 3.05. The van der Waals surface area contributed by atoms with Gasteiger partial charge in [0.05, 0.1) is 19.3 Å². The maximum Gasteiger partial charge on any atom is 0.416 e. The molecule has 11 heteroatoms. The van der Waals surface area contributed by atoms with Crippen molar-refractivity contribution >= 4 is 34.2 Å². The first-order chi connectivity index (χ1) is 12.2. The number of rotatable bonds is 5. The van der Waals surface area contributed by atoms with Crippen molar-refractivity contribution in [1.82, 2.24) is 4.98 Å². The average molecular weight is 389 g/mol. The molecule has 1 atom stereocenters. The molecule has 2 amide bonds. The number of benzene rings is 1. The summed E-state index contributed by atoms with van der Waals surface area (Å²) in [5.74, 6) is -1.59. The summed E-state index contributed by atoms with van der Waals surface area (Å²) in [7, 11) is 1.17. The van der Waals surface area contributed by atoms with Crippen LogP contribution in [0.4, 0.5) is 28.8 Å². The summed E-state index contributed by atoms with van der Waals surface area (Å²) in [6.07, 6.45) is -3.23. The van der Waals surface area contributed by atoms with Crippen LogP contribution in [0, 0.1) is 0 Å². The van der Waals surface area contributed by atoms with Crippen LogP contribution in [0.25, 0.3) is 0 Å². The van der Waals surface area contributed by atoms with Gasteiger partial charge < -0.3 is 15.2 Å². The zero-order chi connectivity index (χ0) is 19.3. The second kappa shape index (κ2) is 8.15. The summed E-state index contributed by atoms with van der Waals surface area (Å²) in [6, 6.07) is 3.36. The van der Waals surface area contributed by atoms with Gasteiger partial charge >= 0.3 is 18.2 Å². The Hall–Kier alpha value is -2.66. The minimum Gasteiger partial charge on any atom is -0.468 e. The predicted molar refractivity (Wildman–Crippen MR) is 88.0 cm³/mol. The van der Waals surface area contributed by atoms with E-state index in [1.807, 2.05) is 0 Å². The number of aliphatic hydroxyl groups is 1. The second-order valence-electron chi connectivity index (χ2n) is 4.98. The topological polar surface area (TPSA) is 101 Å². The first-order valence-corrected chi connectivity index (χ1v) is 7.96. The lowest BCUT2D eigenvalue weighted by Crippen LogP contribution is -2.19. The van der Waals surface area contributed by atoms with Crippen LogP contribution < -0.4 is 10.6 Å². The number of nitrogens with one attached hydrogen (secondary N) is 2. The molecule has 3 N–H and O–H groups in total. The highest BCUT2D eigenvalue weighted by Crippen LogP contribution is 2.31. The SMILES string of the molecule is COC(=O)C(CO)c1cnc(NC(=O)Nc2cccc(C(F)(F)F)c2)s1. The molecule has 1 heterocycles. The van der Waals surface area contributed by atoms with Crippen LogP contribution in [0.2, 0.25) is 0 Å². The van der Waals surface area contributed by atoms with Crippen LogP contribution in [0.1, 0.15) is 16.4 Å². The fourth-order valence-corrected chi connectivity index (χ4v) is 2.85. The van der Waals surface area contributed by atoms with E-state index in [0.29, 0.717) is 4.88 Å². The van der Waals surface area contributed by atoms with E-state index in [0.717, 1.165) is 23.5 Å². The molecule has 2 aromatic rings. The van der Waals surface area contributed by atoms with Crippen molar-refractivity contribution in [3.05, 3.63) is 40.9 Å². The second-order valence-corrected chi connectivity index (χ2v) is 6.05. The molecular weight excluding hydrogens is 375 g/mol. The van der Waals surface area contributed by atoms with Gasteiger partial charge in [0, 0.05) is 16.8 Å². The molecule has 2 rings (SSSR count). The molecule has 26 heavy (non-hydrogen) atoms. The molecule has 0 aliphatic carbocycles. The molecule has 0 saturated heterocycles. The Morgan fingerprint density at radius 3 is 2.69 bits per heavy atom. The molecule has 140 valence electrons. The molecule has 0 bridgehead atoms. The molecule has 7 nitrogen and oxygen atoms in total. The van der Waals surface area contributed by atoms with Crippen molar-refractivity contribution in [3.63, 3.8) is 0 Å². The number of halogens is 3. The summed E-state index contributed by atoms with van der Waals surface area (Å²) in [5.41, 5.74) is -0.937. The number of hydrogen-bond donors (Lipinski definition) is 3. The third-order valence-corrected chi connectivity index (χ3v) is 4.23. The largest absolute Gasteiger partial charge is 0.468 e. The Kier molecular flexibility index (Phi) is 6.16. The standard InChI is InChI=1S/C15H14F3N3O4S/c1-25-12(23)10(7-22)11-6-19-14(26-11)21-13(24)20-9-4-2-3-8(5-9)15(16,17)18/h2-6,10,22H,7H2,1H3,(H2,19,20,21,24). The van der Waals surface area contributed by atoms with Crippen LogP contribution in [0.5, 0.6) is 0 Å². The molecule has 1 aromatic carbocycles. The van der Waals surface area contributed by atoms with E-state index >= 15 is 0 Å². The van der Waals surface area contributed by atoms with Gasteiger partial charge in [0.1, 0.15) is 5.92 Å². The normalized spacial score (nSPS) is 12.3. The first kappa shape index (κ1) is 19.7. The number of urea groups is 1. The number of amides is 2. The van der Waals surface area contributed by atoms with Crippen LogP contribution in [0.15, 0.2) is 30.5 Å². The number of aromatic nitrogens is 1. The lowest BCUT2D eigenvalue weighted by Gasteiger charge is -2.10. The monoisotopic (exact) mass is 389 g/mol. The summed E-state index contributed by atoms with van der Waals surface area (Å²) in [4.78, 5) is 27.7. The highest BCUT2D eigenvalue weighted by atomic mass is 32.1. The molecule has 0 fully saturated rings. The van der Waals surface area contributed by atoms with E-state index in [2.05, 4.69) is 20.4 Å².